The topological polar surface area (TPSA) is 12.4 Å². The van der Waals surface area contributed by atoms with E-state index in [1.54, 1.807) is 0 Å². The Balaban J connectivity index is 0.00000128. The number of halogens is 2. The van der Waals surface area contributed by atoms with Gasteiger partial charge in [0, 0.05) is 10.2 Å². The fourth-order valence-corrected chi connectivity index (χ4v) is 1.76. The quantitative estimate of drug-likeness (QED) is 0.433. The molecule has 0 atom stereocenters. The molecule has 1 aliphatic rings. The van der Waals surface area contributed by atoms with Gasteiger partial charge in [-0.05, 0) is 43.2 Å². The second-order valence-corrected chi connectivity index (χ2v) is 4.41. The third kappa shape index (κ3) is 5.06. The third-order valence-corrected chi connectivity index (χ3v) is 2.89. The first kappa shape index (κ1) is 17.1. The molecule has 1 aromatic rings. The maximum atomic E-state index is 4.57. The molecular weight excluding hydrogens is 486 g/mol. The fraction of sp³-hybridized carbons (Fsp3) is 0.154. The number of benzene rings is 1. The summed E-state index contributed by atoms with van der Waals surface area (Å²) in [5.41, 5.74) is 3.41. The standard InChI is InChI=1S/C13H12BrN.ClH.Hg/c1-10(11-4-2-3-5-11)15-13-8-6-12(14)7-9-13;;/h2-4,6-9H,5H2,1H3;1H;/q;;+1/p-1. The molecule has 0 unspecified atom stereocenters. The first-order valence-corrected chi connectivity index (χ1v) is 5.72. The molecule has 0 aromatic heterocycles. The van der Waals surface area contributed by atoms with Gasteiger partial charge in [0.15, 0.2) is 0 Å². The van der Waals surface area contributed by atoms with Crippen LogP contribution >= 0.6 is 15.9 Å². The number of aliphatic imine (C=N–C) groups is 1. The maximum absolute atomic E-state index is 4.57. The summed E-state index contributed by atoms with van der Waals surface area (Å²) in [4.78, 5) is 4.57. The number of nitrogens with zero attached hydrogens (tertiary/aromatic N) is 1. The second-order valence-electron chi connectivity index (χ2n) is 3.50. The summed E-state index contributed by atoms with van der Waals surface area (Å²) < 4.78 is 1.08. The zero-order chi connectivity index (χ0) is 10.7. The Morgan fingerprint density at radius 2 is 1.88 bits per heavy atom. The second kappa shape index (κ2) is 8.22. The van der Waals surface area contributed by atoms with Crippen molar-refractivity contribution in [1.82, 2.24) is 0 Å². The first-order chi connectivity index (χ1) is 7.25. The van der Waals surface area contributed by atoms with Gasteiger partial charge in [0.2, 0.25) is 0 Å². The van der Waals surface area contributed by atoms with Crippen LogP contribution in [0.4, 0.5) is 5.69 Å². The molecule has 0 N–H and O–H groups in total. The molecule has 1 radical (unpaired) electrons. The minimum atomic E-state index is 0. The normalized spacial score (nSPS) is 13.8. The van der Waals surface area contributed by atoms with E-state index in [1.165, 1.54) is 5.57 Å². The van der Waals surface area contributed by atoms with Crippen molar-refractivity contribution in [3.05, 3.63) is 52.5 Å². The number of hydrogen-bond donors (Lipinski definition) is 0. The van der Waals surface area contributed by atoms with Crippen molar-refractivity contribution in [2.24, 2.45) is 4.99 Å². The fourth-order valence-electron chi connectivity index (χ4n) is 1.50. The zero-order valence-corrected chi connectivity index (χ0v) is 17.5. The monoisotopic (exact) mass is 498 g/mol. The van der Waals surface area contributed by atoms with E-state index < -0.39 is 0 Å². The van der Waals surface area contributed by atoms with Crippen molar-refractivity contribution >= 4 is 27.3 Å². The van der Waals surface area contributed by atoms with Crippen molar-refractivity contribution in [2.75, 3.05) is 0 Å². The molecule has 85 valence electrons. The van der Waals surface area contributed by atoms with Crippen LogP contribution in [-0.4, -0.2) is 5.71 Å². The van der Waals surface area contributed by atoms with Gasteiger partial charge in [-0.3, -0.25) is 4.99 Å². The molecule has 1 nitrogen and oxygen atoms in total. The Hall–Kier alpha value is 0.0751. The van der Waals surface area contributed by atoms with E-state index in [2.05, 4.69) is 46.1 Å². The van der Waals surface area contributed by atoms with Crippen LogP contribution in [0.15, 0.2) is 57.5 Å². The first-order valence-electron chi connectivity index (χ1n) is 4.92. The van der Waals surface area contributed by atoms with E-state index >= 15 is 0 Å². The molecular formula is C13H12BrClHgN. The summed E-state index contributed by atoms with van der Waals surface area (Å²) in [6, 6.07) is 8.04. The Morgan fingerprint density at radius 3 is 2.41 bits per heavy atom. The van der Waals surface area contributed by atoms with E-state index in [0.29, 0.717) is 0 Å². The van der Waals surface area contributed by atoms with Crippen LogP contribution in [0.3, 0.4) is 0 Å². The predicted octanol–water partition coefficient (Wildman–Crippen LogP) is 1.43. The summed E-state index contributed by atoms with van der Waals surface area (Å²) in [6.07, 6.45) is 7.36. The molecule has 0 aliphatic heterocycles. The van der Waals surface area contributed by atoms with Gasteiger partial charge >= 0.3 is 27.7 Å². The maximum Gasteiger partial charge on any atom is 1.00 e. The Morgan fingerprint density at radius 1 is 1.24 bits per heavy atom. The molecule has 0 saturated heterocycles. The van der Waals surface area contributed by atoms with Crippen LogP contribution < -0.4 is 12.4 Å². The molecule has 0 heterocycles. The molecule has 17 heavy (non-hydrogen) atoms. The predicted molar refractivity (Wildman–Crippen MR) is 68.8 cm³/mol. The molecule has 4 heteroatoms. The molecule has 0 saturated carbocycles. The smallest absolute Gasteiger partial charge is 1.00 e. The van der Waals surface area contributed by atoms with Crippen molar-refractivity contribution in [1.29, 1.82) is 0 Å². The van der Waals surface area contributed by atoms with Crippen LogP contribution in [0.1, 0.15) is 13.3 Å². The number of hydrogen-bond acceptors (Lipinski definition) is 1. The van der Waals surface area contributed by atoms with Gasteiger partial charge in [-0.2, -0.15) is 0 Å². The van der Waals surface area contributed by atoms with E-state index in [1.807, 2.05) is 24.3 Å². The van der Waals surface area contributed by atoms with Gasteiger partial charge in [0.1, 0.15) is 0 Å². The van der Waals surface area contributed by atoms with Crippen LogP contribution in [-0.2, 0) is 27.7 Å². The number of rotatable bonds is 2. The summed E-state index contributed by atoms with van der Waals surface area (Å²) in [7, 11) is 0. The summed E-state index contributed by atoms with van der Waals surface area (Å²) in [5.74, 6) is 0. The third-order valence-electron chi connectivity index (χ3n) is 2.36. The van der Waals surface area contributed by atoms with Crippen molar-refractivity contribution in [3.8, 4) is 0 Å². The molecule has 2 rings (SSSR count). The largest absolute Gasteiger partial charge is 1.00 e. The molecule has 0 fully saturated rings. The van der Waals surface area contributed by atoms with E-state index in [9.17, 15) is 0 Å². The number of allylic oxidation sites excluding steroid dienone is 4. The molecule has 0 amide bonds. The summed E-state index contributed by atoms with van der Waals surface area (Å²) in [5, 5.41) is 0. The average molecular weight is 498 g/mol. The van der Waals surface area contributed by atoms with E-state index in [-0.39, 0.29) is 40.1 Å². The molecule has 1 aliphatic carbocycles. The van der Waals surface area contributed by atoms with Crippen LogP contribution in [0, 0.1) is 0 Å². The van der Waals surface area contributed by atoms with E-state index in [0.717, 1.165) is 22.3 Å². The molecule has 0 bridgehead atoms. The van der Waals surface area contributed by atoms with Crippen LogP contribution in [0.25, 0.3) is 0 Å². The zero-order valence-electron chi connectivity index (χ0n) is 9.66. The Kier molecular flexibility index (Phi) is 8.26. The van der Waals surface area contributed by atoms with Crippen molar-refractivity contribution in [3.63, 3.8) is 0 Å². The van der Waals surface area contributed by atoms with Gasteiger partial charge in [0.05, 0.1) is 5.69 Å². The van der Waals surface area contributed by atoms with Crippen molar-refractivity contribution in [2.45, 2.75) is 13.3 Å². The van der Waals surface area contributed by atoms with Crippen LogP contribution in [0.5, 0.6) is 0 Å². The van der Waals surface area contributed by atoms with Gasteiger partial charge in [-0.15, -0.1) is 0 Å². The minimum Gasteiger partial charge on any atom is -1.00 e. The average Bonchev–Trinajstić information content (AvgIpc) is 2.74. The minimum absolute atomic E-state index is 0. The molecule has 1 aromatic carbocycles. The van der Waals surface area contributed by atoms with Crippen LogP contribution in [0.2, 0.25) is 0 Å². The van der Waals surface area contributed by atoms with Gasteiger partial charge in [-0.25, -0.2) is 0 Å². The molecule has 0 spiro atoms. The van der Waals surface area contributed by atoms with Gasteiger partial charge in [0.25, 0.3) is 0 Å². The summed E-state index contributed by atoms with van der Waals surface area (Å²) >= 11 is 3.41. The summed E-state index contributed by atoms with van der Waals surface area (Å²) in [6.45, 7) is 2.06. The van der Waals surface area contributed by atoms with Crippen molar-refractivity contribution < 1.29 is 40.1 Å². The SMILES string of the molecule is CC(=Nc1ccc(Br)cc1)C1=CC=CC1.[Cl-].[Hg+]. The Bertz CT molecular complexity index is 449. The van der Waals surface area contributed by atoms with Gasteiger partial charge < -0.3 is 12.4 Å². The van der Waals surface area contributed by atoms with E-state index in [4.69, 9.17) is 0 Å². The Labute approximate surface area is 137 Å². The van der Waals surface area contributed by atoms with Gasteiger partial charge in [-0.1, -0.05) is 34.2 Å².